The summed E-state index contributed by atoms with van der Waals surface area (Å²) < 4.78 is 5.02. The first-order valence-corrected chi connectivity index (χ1v) is 6.25. The van der Waals surface area contributed by atoms with Crippen molar-refractivity contribution >= 4 is 17.6 Å². The number of benzene rings is 1. The second-order valence-electron chi connectivity index (χ2n) is 4.23. The van der Waals surface area contributed by atoms with Crippen LogP contribution >= 0.6 is 0 Å². The Morgan fingerprint density at radius 3 is 2.42 bits per heavy atom. The number of nitrogens with zero attached hydrogens (tertiary/aromatic N) is 1. The third-order valence-corrected chi connectivity index (χ3v) is 2.70. The smallest absolute Gasteiger partial charge is 0.341 e. The number of rotatable bonds is 7. The monoisotopic (exact) mass is 265 g/mol. The van der Waals surface area contributed by atoms with Gasteiger partial charge in [0.2, 0.25) is 5.91 Å². The van der Waals surface area contributed by atoms with E-state index in [-0.39, 0.29) is 12.5 Å². The lowest BCUT2D eigenvalue weighted by atomic mass is 10.2. The standard InChI is InChI=1S/C14H19NO4/c1-3-4-5-13(16)15(2)11-6-8-12(9-7-11)19-10-14(17)18/h6-9H,3-5,10H2,1-2H3,(H,17,18). The van der Waals surface area contributed by atoms with Crippen LogP contribution in [0.15, 0.2) is 24.3 Å². The summed E-state index contributed by atoms with van der Waals surface area (Å²) in [5, 5.41) is 8.49. The van der Waals surface area contributed by atoms with E-state index in [1.165, 1.54) is 0 Å². The molecule has 0 saturated heterocycles. The van der Waals surface area contributed by atoms with E-state index in [0.717, 1.165) is 18.5 Å². The van der Waals surface area contributed by atoms with E-state index in [9.17, 15) is 9.59 Å². The highest BCUT2D eigenvalue weighted by Crippen LogP contribution is 2.19. The molecular formula is C14H19NO4. The molecule has 0 atom stereocenters. The van der Waals surface area contributed by atoms with Gasteiger partial charge < -0.3 is 14.7 Å². The van der Waals surface area contributed by atoms with Crippen molar-refractivity contribution in [2.45, 2.75) is 26.2 Å². The zero-order chi connectivity index (χ0) is 14.3. The van der Waals surface area contributed by atoms with Gasteiger partial charge in [0.15, 0.2) is 6.61 Å². The van der Waals surface area contributed by atoms with Crippen molar-refractivity contribution < 1.29 is 19.4 Å². The molecule has 0 bridgehead atoms. The summed E-state index contributed by atoms with van der Waals surface area (Å²) in [5.41, 5.74) is 0.767. The van der Waals surface area contributed by atoms with Crippen molar-refractivity contribution in [2.75, 3.05) is 18.6 Å². The van der Waals surface area contributed by atoms with Crippen molar-refractivity contribution in [1.82, 2.24) is 0 Å². The number of carbonyl (C=O) groups is 2. The van der Waals surface area contributed by atoms with E-state index in [1.807, 2.05) is 6.92 Å². The van der Waals surface area contributed by atoms with Crippen LogP contribution in [0.1, 0.15) is 26.2 Å². The molecule has 0 spiro atoms. The van der Waals surface area contributed by atoms with Crippen molar-refractivity contribution in [3.63, 3.8) is 0 Å². The van der Waals surface area contributed by atoms with Gasteiger partial charge in [0.05, 0.1) is 0 Å². The minimum atomic E-state index is -1.02. The molecule has 0 radical (unpaired) electrons. The van der Waals surface area contributed by atoms with E-state index < -0.39 is 5.97 Å². The number of aliphatic carboxylic acids is 1. The van der Waals surface area contributed by atoms with Crippen LogP contribution in [-0.4, -0.2) is 30.6 Å². The average Bonchev–Trinajstić information content (AvgIpc) is 2.42. The molecule has 1 aromatic carbocycles. The Morgan fingerprint density at radius 2 is 1.89 bits per heavy atom. The van der Waals surface area contributed by atoms with Gasteiger partial charge in [-0.25, -0.2) is 4.79 Å². The first-order chi connectivity index (χ1) is 9.04. The minimum absolute atomic E-state index is 0.0704. The predicted octanol–water partition coefficient (Wildman–Crippen LogP) is 2.30. The largest absolute Gasteiger partial charge is 0.482 e. The molecule has 5 heteroatoms. The molecule has 0 unspecified atom stereocenters. The molecule has 19 heavy (non-hydrogen) atoms. The predicted molar refractivity (Wildman–Crippen MR) is 72.5 cm³/mol. The molecule has 5 nitrogen and oxygen atoms in total. The average molecular weight is 265 g/mol. The van der Waals surface area contributed by atoms with Gasteiger partial charge in [-0.3, -0.25) is 4.79 Å². The molecule has 0 aliphatic heterocycles. The van der Waals surface area contributed by atoms with Crippen LogP contribution in [0.25, 0.3) is 0 Å². The lowest BCUT2D eigenvalue weighted by molar-refractivity contribution is -0.139. The summed E-state index contributed by atoms with van der Waals surface area (Å²) in [6.07, 6.45) is 2.40. The zero-order valence-electron chi connectivity index (χ0n) is 11.3. The zero-order valence-corrected chi connectivity index (χ0v) is 11.3. The molecule has 0 saturated carbocycles. The van der Waals surface area contributed by atoms with Gasteiger partial charge >= 0.3 is 5.97 Å². The van der Waals surface area contributed by atoms with Gasteiger partial charge in [-0.05, 0) is 30.7 Å². The molecule has 0 fully saturated rings. The number of ether oxygens (including phenoxy) is 1. The first kappa shape index (κ1) is 15.0. The Bertz CT molecular complexity index is 428. The maximum absolute atomic E-state index is 11.8. The lowest BCUT2D eigenvalue weighted by Gasteiger charge is -2.17. The topological polar surface area (TPSA) is 66.8 Å². The maximum Gasteiger partial charge on any atom is 0.341 e. The highest BCUT2D eigenvalue weighted by atomic mass is 16.5. The normalized spacial score (nSPS) is 10.0. The van der Waals surface area contributed by atoms with Crippen molar-refractivity contribution in [1.29, 1.82) is 0 Å². The van der Waals surface area contributed by atoms with Crippen LogP contribution < -0.4 is 9.64 Å². The summed E-state index contributed by atoms with van der Waals surface area (Å²) in [6.45, 7) is 1.67. The molecule has 1 N–H and O–H groups in total. The number of anilines is 1. The van der Waals surface area contributed by atoms with E-state index in [0.29, 0.717) is 12.2 Å². The minimum Gasteiger partial charge on any atom is -0.482 e. The number of amides is 1. The number of unbranched alkanes of at least 4 members (excludes halogenated alkanes) is 1. The van der Waals surface area contributed by atoms with E-state index >= 15 is 0 Å². The molecule has 0 aliphatic rings. The molecule has 104 valence electrons. The second kappa shape index (κ2) is 7.41. The Balaban J connectivity index is 2.59. The SMILES string of the molecule is CCCCC(=O)N(C)c1ccc(OCC(=O)O)cc1. The van der Waals surface area contributed by atoms with Crippen LogP contribution in [0.2, 0.25) is 0 Å². The van der Waals surface area contributed by atoms with Crippen LogP contribution in [0, 0.1) is 0 Å². The fourth-order valence-electron chi connectivity index (χ4n) is 1.55. The second-order valence-corrected chi connectivity index (χ2v) is 4.23. The third kappa shape index (κ3) is 4.99. The van der Waals surface area contributed by atoms with Crippen LogP contribution in [0.3, 0.4) is 0 Å². The van der Waals surface area contributed by atoms with Gasteiger partial charge in [-0.15, -0.1) is 0 Å². The number of hydrogen-bond donors (Lipinski definition) is 1. The number of carboxylic acid groups (broad SMARTS) is 1. The van der Waals surface area contributed by atoms with Gasteiger partial charge in [0, 0.05) is 19.2 Å². The summed E-state index contributed by atoms with van der Waals surface area (Å²) in [4.78, 5) is 23.8. The van der Waals surface area contributed by atoms with Gasteiger partial charge in [0.25, 0.3) is 0 Å². The number of carbonyl (C=O) groups excluding carboxylic acids is 1. The Kier molecular flexibility index (Phi) is 5.85. The van der Waals surface area contributed by atoms with E-state index in [4.69, 9.17) is 9.84 Å². The highest BCUT2D eigenvalue weighted by Gasteiger charge is 2.10. The molecule has 0 heterocycles. The molecule has 1 aromatic rings. The molecule has 0 aromatic heterocycles. The number of hydrogen-bond acceptors (Lipinski definition) is 3. The highest BCUT2D eigenvalue weighted by molar-refractivity contribution is 5.92. The Labute approximate surface area is 112 Å². The van der Waals surface area contributed by atoms with Crippen molar-refractivity contribution in [2.24, 2.45) is 0 Å². The molecule has 1 amide bonds. The van der Waals surface area contributed by atoms with Crippen molar-refractivity contribution in [3.8, 4) is 5.75 Å². The van der Waals surface area contributed by atoms with Crippen molar-refractivity contribution in [3.05, 3.63) is 24.3 Å². The van der Waals surface area contributed by atoms with Crippen LogP contribution in [0.5, 0.6) is 5.75 Å². The summed E-state index contributed by atoms with van der Waals surface area (Å²) in [6, 6.07) is 6.78. The quantitative estimate of drug-likeness (QED) is 0.821. The fraction of sp³-hybridized carbons (Fsp3) is 0.429. The molecule has 1 rings (SSSR count). The summed E-state index contributed by atoms with van der Waals surface area (Å²) >= 11 is 0. The fourth-order valence-corrected chi connectivity index (χ4v) is 1.55. The van der Waals surface area contributed by atoms with E-state index in [2.05, 4.69) is 0 Å². The van der Waals surface area contributed by atoms with Crippen LogP contribution in [0.4, 0.5) is 5.69 Å². The Hall–Kier alpha value is -2.04. The lowest BCUT2D eigenvalue weighted by Crippen LogP contribution is -2.25. The summed E-state index contributed by atoms with van der Waals surface area (Å²) in [7, 11) is 1.73. The molecular weight excluding hydrogens is 246 g/mol. The van der Waals surface area contributed by atoms with Gasteiger partial charge in [0.1, 0.15) is 5.75 Å². The van der Waals surface area contributed by atoms with Gasteiger partial charge in [-0.2, -0.15) is 0 Å². The Morgan fingerprint density at radius 1 is 1.26 bits per heavy atom. The number of carboxylic acids is 1. The van der Waals surface area contributed by atoms with E-state index in [1.54, 1.807) is 36.2 Å². The first-order valence-electron chi connectivity index (χ1n) is 6.25. The van der Waals surface area contributed by atoms with Gasteiger partial charge in [-0.1, -0.05) is 13.3 Å². The van der Waals surface area contributed by atoms with Crippen LogP contribution in [-0.2, 0) is 9.59 Å². The third-order valence-electron chi connectivity index (χ3n) is 2.70. The summed E-state index contributed by atoms with van der Waals surface area (Å²) in [5.74, 6) is -0.474. The maximum atomic E-state index is 11.8. The molecule has 0 aliphatic carbocycles.